The third kappa shape index (κ3) is 4.37. The van der Waals surface area contributed by atoms with Gasteiger partial charge in [-0.3, -0.25) is 4.79 Å². The number of fused-ring (bicyclic) bond motifs is 3. The molecule has 146 valence electrons. The van der Waals surface area contributed by atoms with E-state index in [4.69, 9.17) is 4.74 Å². The van der Waals surface area contributed by atoms with Crippen LogP contribution in [0.4, 0.5) is 0 Å². The summed E-state index contributed by atoms with van der Waals surface area (Å²) in [7, 11) is 0. The van der Waals surface area contributed by atoms with Gasteiger partial charge in [0, 0.05) is 13.1 Å². The topological polar surface area (TPSA) is 41.9 Å². The first-order chi connectivity index (χ1) is 14.2. The van der Waals surface area contributed by atoms with Crippen molar-refractivity contribution in [3.63, 3.8) is 0 Å². The molecule has 3 aromatic rings. The standard InChI is InChI=1S/C25H24N2O2/c1-2-29-25(26-24(28)16-19-10-4-3-5-11-19)27-17-20-12-6-8-14-22(20)23-15-9-7-13-21(23)18-27/h3-15H,2,16-18H2,1H3/b26-25-. The highest BCUT2D eigenvalue weighted by Gasteiger charge is 2.23. The van der Waals surface area contributed by atoms with E-state index in [1.807, 2.05) is 49.4 Å². The first-order valence-corrected chi connectivity index (χ1v) is 9.94. The van der Waals surface area contributed by atoms with E-state index in [2.05, 4.69) is 46.3 Å². The number of hydrogen-bond donors (Lipinski definition) is 0. The van der Waals surface area contributed by atoms with Gasteiger partial charge in [0.15, 0.2) is 0 Å². The molecule has 1 aliphatic heterocycles. The molecule has 0 atom stereocenters. The second-order valence-corrected chi connectivity index (χ2v) is 7.05. The summed E-state index contributed by atoms with van der Waals surface area (Å²) in [5.41, 5.74) is 5.78. The Labute approximate surface area is 171 Å². The van der Waals surface area contributed by atoms with Crippen LogP contribution in [0.25, 0.3) is 11.1 Å². The second kappa shape index (κ2) is 8.74. The van der Waals surface area contributed by atoms with Gasteiger partial charge in [-0.25, -0.2) is 0 Å². The molecule has 0 aliphatic carbocycles. The van der Waals surface area contributed by atoms with Gasteiger partial charge >= 0.3 is 0 Å². The second-order valence-electron chi connectivity index (χ2n) is 7.05. The van der Waals surface area contributed by atoms with E-state index in [0.29, 0.717) is 25.7 Å². The van der Waals surface area contributed by atoms with E-state index in [1.54, 1.807) is 0 Å². The van der Waals surface area contributed by atoms with Gasteiger partial charge in [0.05, 0.1) is 13.0 Å². The third-order valence-electron chi connectivity index (χ3n) is 5.01. The van der Waals surface area contributed by atoms with Crippen LogP contribution < -0.4 is 0 Å². The van der Waals surface area contributed by atoms with Gasteiger partial charge in [0.25, 0.3) is 11.9 Å². The van der Waals surface area contributed by atoms with E-state index in [9.17, 15) is 4.79 Å². The number of amides is 1. The molecule has 0 bridgehead atoms. The zero-order chi connectivity index (χ0) is 20.1. The fourth-order valence-corrected chi connectivity index (χ4v) is 3.68. The van der Waals surface area contributed by atoms with Gasteiger partial charge in [0.1, 0.15) is 0 Å². The van der Waals surface area contributed by atoms with Gasteiger partial charge in [0.2, 0.25) is 0 Å². The van der Waals surface area contributed by atoms with Crippen LogP contribution in [0.2, 0.25) is 0 Å². The fraction of sp³-hybridized carbons (Fsp3) is 0.200. The highest BCUT2D eigenvalue weighted by Crippen LogP contribution is 2.32. The lowest BCUT2D eigenvalue weighted by Gasteiger charge is -2.24. The zero-order valence-corrected chi connectivity index (χ0v) is 16.5. The predicted molar refractivity (Wildman–Crippen MR) is 115 cm³/mol. The molecular formula is C25H24N2O2. The maximum absolute atomic E-state index is 12.6. The molecule has 0 N–H and O–H groups in total. The molecule has 1 amide bonds. The summed E-state index contributed by atoms with van der Waals surface area (Å²) in [5.74, 6) is -0.203. The summed E-state index contributed by atoms with van der Waals surface area (Å²) in [5, 5.41) is 0. The lowest BCUT2D eigenvalue weighted by Crippen LogP contribution is -2.32. The molecule has 4 nitrogen and oxygen atoms in total. The number of amidine groups is 1. The van der Waals surface area contributed by atoms with E-state index in [0.717, 1.165) is 5.56 Å². The number of rotatable bonds is 3. The third-order valence-corrected chi connectivity index (χ3v) is 5.01. The first-order valence-electron chi connectivity index (χ1n) is 9.94. The van der Waals surface area contributed by atoms with Crippen LogP contribution in [0.5, 0.6) is 0 Å². The summed E-state index contributed by atoms with van der Waals surface area (Å²) in [6.07, 6.45) is 0.262. The van der Waals surface area contributed by atoms with Crippen LogP contribution in [0, 0.1) is 0 Å². The van der Waals surface area contributed by atoms with Crippen LogP contribution in [0.15, 0.2) is 83.9 Å². The summed E-state index contributed by atoms with van der Waals surface area (Å²) in [6.45, 7) is 3.65. The molecule has 0 saturated carbocycles. The summed E-state index contributed by atoms with van der Waals surface area (Å²) in [6, 6.07) is 26.8. The van der Waals surface area contributed by atoms with Crippen LogP contribution in [0.1, 0.15) is 23.6 Å². The average molecular weight is 384 g/mol. The molecular weight excluding hydrogens is 360 g/mol. The monoisotopic (exact) mass is 384 g/mol. The number of carbonyl (C=O) groups is 1. The highest BCUT2D eigenvalue weighted by molar-refractivity contribution is 5.91. The molecule has 3 aromatic carbocycles. The zero-order valence-electron chi connectivity index (χ0n) is 16.5. The number of hydrogen-bond acceptors (Lipinski definition) is 2. The van der Waals surface area contributed by atoms with E-state index >= 15 is 0 Å². The van der Waals surface area contributed by atoms with Gasteiger partial charge < -0.3 is 9.64 Å². The normalized spacial score (nSPS) is 13.3. The minimum absolute atomic E-state index is 0.203. The molecule has 29 heavy (non-hydrogen) atoms. The van der Waals surface area contributed by atoms with Crippen LogP contribution in [0.3, 0.4) is 0 Å². The quantitative estimate of drug-likeness (QED) is 0.480. The van der Waals surface area contributed by atoms with Crippen molar-refractivity contribution < 1.29 is 9.53 Å². The van der Waals surface area contributed by atoms with Crippen molar-refractivity contribution in [2.75, 3.05) is 6.61 Å². The number of nitrogens with zero attached hydrogens (tertiary/aromatic N) is 2. The first kappa shape index (κ1) is 18.9. The summed E-state index contributed by atoms with van der Waals surface area (Å²) >= 11 is 0. The lowest BCUT2D eigenvalue weighted by molar-refractivity contribution is -0.117. The minimum Gasteiger partial charge on any atom is -0.465 e. The SMILES string of the molecule is CCO/C(=N\C(=O)Cc1ccccc1)N1Cc2ccccc2-c2ccccc2C1. The Morgan fingerprint density at radius 1 is 0.862 bits per heavy atom. The Bertz CT molecular complexity index is 980. The van der Waals surface area contributed by atoms with Crippen molar-refractivity contribution in [1.29, 1.82) is 0 Å². The molecule has 1 heterocycles. The molecule has 0 fully saturated rings. The molecule has 0 saturated heterocycles. The molecule has 0 radical (unpaired) electrons. The smallest absolute Gasteiger partial charge is 0.295 e. The minimum atomic E-state index is -0.203. The van der Waals surface area contributed by atoms with Crippen molar-refractivity contribution >= 4 is 11.9 Å². The Morgan fingerprint density at radius 2 is 1.41 bits per heavy atom. The van der Waals surface area contributed by atoms with Gasteiger partial charge in [-0.05, 0) is 34.7 Å². The summed E-state index contributed by atoms with van der Waals surface area (Å²) < 4.78 is 5.83. The van der Waals surface area contributed by atoms with E-state index in [-0.39, 0.29) is 12.3 Å². The molecule has 4 heteroatoms. The predicted octanol–water partition coefficient (Wildman–Crippen LogP) is 4.83. The van der Waals surface area contributed by atoms with E-state index in [1.165, 1.54) is 22.3 Å². The molecule has 0 spiro atoms. The van der Waals surface area contributed by atoms with Crippen molar-refractivity contribution in [2.24, 2.45) is 4.99 Å². The van der Waals surface area contributed by atoms with Crippen LogP contribution >= 0.6 is 0 Å². The van der Waals surface area contributed by atoms with Crippen molar-refractivity contribution in [3.05, 3.63) is 95.6 Å². The molecule has 0 unspecified atom stereocenters. The number of ether oxygens (including phenoxy) is 1. The Morgan fingerprint density at radius 3 is 2.00 bits per heavy atom. The van der Waals surface area contributed by atoms with Crippen LogP contribution in [-0.4, -0.2) is 23.4 Å². The number of carbonyl (C=O) groups excluding carboxylic acids is 1. The van der Waals surface area contributed by atoms with Crippen LogP contribution in [-0.2, 0) is 29.0 Å². The lowest BCUT2D eigenvalue weighted by atomic mass is 9.97. The van der Waals surface area contributed by atoms with Crippen molar-refractivity contribution in [2.45, 2.75) is 26.4 Å². The molecule has 0 aromatic heterocycles. The fourth-order valence-electron chi connectivity index (χ4n) is 3.68. The van der Waals surface area contributed by atoms with E-state index < -0.39 is 0 Å². The largest absolute Gasteiger partial charge is 0.465 e. The Balaban J connectivity index is 1.66. The van der Waals surface area contributed by atoms with Crippen molar-refractivity contribution in [3.8, 4) is 11.1 Å². The van der Waals surface area contributed by atoms with Gasteiger partial charge in [-0.15, -0.1) is 0 Å². The number of benzene rings is 3. The highest BCUT2D eigenvalue weighted by atomic mass is 16.5. The molecule has 4 rings (SSSR count). The van der Waals surface area contributed by atoms with Gasteiger partial charge in [-0.2, -0.15) is 4.99 Å². The maximum atomic E-state index is 12.6. The Hall–Kier alpha value is -3.40. The maximum Gasteiger partial charge on any atom is 0.295 e. The average Bonchev–Trinajstić information content (AvgIpc) is 2.91. The Kier molecular flexibility index (Phi) is 5.71. The van der Waals surface area contributed by atoms with Gasteiger partial charge in [-0.1, -0.05) is 78.9 Å². The number of aliphatic imine (C=N–C) groups is 1. The molecule has 1 aliphatic rings. The summed E-state index contributed by atoms with van der Waals surface area (Å²) in [4.78, 5) is 19.0. The van der Waals surface area contributed by atoms with Crippen molar-refractivity contribution in [1.82, 2.24) is 4.90 Å².